The van der Waals surface area contributed by atoms with Crippen molar-refractivity contribution in [2.45, 2.75) is 53.1 Å². The van der Waals surface area contributed by atoms with E-state index in [2.05, 4.69) is 60.6 Å². The first-order valence-electron chi connectivity index (χ1n) is 9.53. The lowest BCUT2D eigenvalue weighted by Gasteiger charge is -2.30. The normalized spacial score (nSPS) is 13.6. The number of aryl methyl sites for hydroxylation is 2. The minimum Gasteiger partial charge on any atom is -0.350 e. The predicted octanol–water partition coefficient (Wildman–Crippen LogP) is 5.30. The van der Waals surface area contributed by atoms with Crippen molar-refractivity contribution in [2.75, 3.05) is 11.4 Å². The Bertz CT molecular complexity index is 913. The summed E-state index contributed by atoms with van der Waals surface area (Å²) in [6, 6.07) is 11.0. The standard InChI is InChI=1S/C22H27N3.ClH/c1-4-13-25-20(5-2)16(3)19-10-12-23-22(21(19)25)24-14-11-17-8-6-7-9-18(17)15-24;/h6-10,12H,4-5,11,13-15H2,1-3H3;1H. The Morgan fingerprint density at radius 2 is 1.85 bits per heavy atom. The highest BCUT2D eigenvalue weighted by molar-refractivity contribution is 5.93. The molecular weight excluding hydrogens is 342 g/mol. The molecule has 0 radical (unpaired) electrons. The summed E-state index contributed by atoms with van der Waals surface area (Å²) in [6.07, 6.45) is 5.30. The smallest absolute Gasteiger partial charge is 0.153 e. The highest BCUT2D eigenvalue weighted by Gasteiger charge is 2.22. The fourth-order valence-corrected chi connectivity index (χ4v) is 4.34. The quantitative estimate of drug-likeness (QED) is 0.622. The fraction of sp³-hybridized carbons (Fsp3) is 0.409. The molecule has 0 saturated heterocycles. The average Bonchev–Trinajstić information content (AvgIpc) is 2.93. The first-order chi connectivity index (χ1) is 12.2. The fourth-order valence-electron chi connectivity index (χ4n) is 4.34. The molecule has 0 amide bonds. The van der Waals surface area contributed by atoms with Gasteiger partial charge in [-0.25, -0.2) is 4.98 Å². The van der Waals surface area contributed by atoms with Crippen molar-refractivity contribution in [1.82, 2.24) is 9.55 Å². The van der Waals surface area contributed by atoms with Crippen molar-refractivity contribution in [3.8, 4) is 0 Å². The molecule has 3 aromatic rings. The van der Waals surface area contributed by atoms with E-state index in [9.17, 15) is 0 Å². The second-order valence-corrected chi connectivity index (χ2v) is 7.05. The van der Waals surface area contributed by atoms with E-state index in [-0.39, 0.29) is 12.4 Å². The number of aromatic nitrogens is 2. The van der Waals surface area contributed by atoms with Crippen LogP contribution in [-0.4, -0.2) is 16.1 Å². The van der Waals surface area contributed by atoms with Gasteiger partial charge in [0, 0.05) is 36.9 Å². The van der Waals surface area contributed by atoms with Crippen LogP contribution in [0.2, 0.25) is 0 Å². The Hall–Kier alpha value is -2.00. The molecule has 0 saturated carbocycles. The molecule has 0 aliphatic carbocycles. The molecule has 0 unspecified atom stereocenters. The third kappa shape index (κ3) is 2.99. The largest absolute Gasteiger partial charge is 0.350 e. The van der Waals surface area contributed by atoms with E-state index < -0.39 is 0 Å². The van der Waals surface area contributed by atoms with Crippen LogP contribution in [0.4, 0.5) is 5.82 Å². The number of anilines is 1. The zero-order valence-electron chi connectivity index (χ0n) is 16.0. The number of pyridine rings is 1. The van der Waals surface area contributed by atoms with Crippen LogP contribution in [0.5, 0.6) is 0 Å². The zero-order valence-corrected chi connectivity index (χ0v) is 16.8. The Labute approximate surface area is 162 Å². The zero-order chi connectivity index (χ0) is 17.4. The van der Waals surface area contributed by atoms with Gasteiger partial charge in [-0.15, -0.1) is 12.4 Å². The van der Waals surface area contributed by atoms with Crippen LogP contribution in [0, 0.1) is 6.92 Å². The number of benzene rings is 1. The third-order valence-electron chi connectivity index (χ3n) is 5.55. The highest BCUT2D eigenvalue weighted by Crippen LogP contribution is 2.34. The third-order valence-corrected chi connectivity index (χ3v) is 5.55. The topological polar surface area (TPSA) is 21.1 Å². The van der Waals surface area contributed by atoms with Gasteiger partial charge in [0.25, 0.3) is 0 Å². The van der Waals surface area contributed by atoms with Gasteiger partial charge in [0.2, 0.25) is 0 Å². The van der Waals surface area contributed by atoms with Crippen molar-refractivity contribution in [2.24, 2.45) is 0 Å². The molecule has 0 spiro atoms. The van der Waals surface area contributed by atoms with Gasteiger partial charge in [-0.2, -0.15) is 0 Å². The molecule has 1 aromatic carbocycles. The number of hydrogen-bond donors (Lipinski definition) is 0. The summed E-state index contributed by atoms with van der Waals surface area (Å²) in [7, 11) is 0. The van der Waals surface area contributed by atoms with Crippen LogP contribution in [0.3, 0.4) is 0 Å². The van der Waals surface area contributed by atoms with Gasteiger partial charge in [-0.3, -0.25) is 0 Å². The molecule has 1 aliphatic heterocycles. The van der Waals surface area contributed by atoms with Gasteiger partial charge < -0.3 is 9.47 Å². The van der Waals surface area contributed by atoms with E-state index in [0.29, 0.717) is 0 Å². The van der Waals surface area contributed by atoms with Crippen LogP contribution >= 0.6 is 12.4 Å². The molecule has 4 heteroatoms. The van der Waals surface area contributed by atoms with E-state index in [1.165, 1.54) is 33.3 Å². The van der Waals surface area contributed by atoms with Crippen LogP contribution in [0.15, 0.2) is 36.5 Å². The molecule has 3 nitrogen and oxygen atoms in total. The second kappa shape index (κ2) is 7.71. The van der Waals surface area contributed by atoms with Gasteiger partial charge in [-0.05, 0) is 48.9 Å². The van der Waals surface area contributed by atoms with E-state index in [4.69, 9.17) is 4.98 Å². The SMILES string of the molecule is CCCn1c(CC)c(C)c2ccnc(N3CCc4ccccc4C3)c21.Cl. The number of halogens is 1. The number of rotatable bonds is 4. The molecule has 0 N–H and O–H groups in total. The summed E-state index contributed by atoms with van der Waals surface area (Å²) in [5.41, 5.74) is 7.14. The Morgan fingerprint density at radius 1 is 1.08 bits per heavy atom. The maximum Gasteiger partial charge on any atom is 0.153 e. The molecule has 1 aliphatic rings. The first kappa shape index (κ1) is 18.8. The van der Waals surface area contributed by atoms with Crippen LogP contribution < -0.4 is 4.90 Å². The lowest BCUT2D eigenvalue weighted by atomic mass is 10.00. The minimum absolute atomic E-state index is 0. The van der Waals surface area contributed by atoms with Gasteiger partial charge in [-0.1, -0.05) is 38.1 Å². The van der Waals surface area contributed by atoms with Crippen LogP contribution in [0.25, 0.3) is 10.9 Å². The van der Waals surface area contributed by atoms with E-state index in [0.717, 1.165) is 44.7 Å². The van der Waals surface area contributed by atoms with E-state index in [1.54, 1.807) is 0 Å². The first-order valence-corrected chi connectivity index (χ1v) is 9.53. The summed E-state index contributed by atoms with van der Waals surface area (Å²) >= 11 is 0. The Balaban J connectivity index is 0.00000196. The predicted molar refractivity (Wildman–Crippen MR) is 113 cm³/mol. The molecule has 0 bridgehead atoms. The minimum atomic E-state index is 0. The molecule has 0 atom stereocenters. The molecular formula is C22H28ClN3. The van der Waals surface area contributed by atoms with Gasteiger partial charge >= 0.3 is 0 Å². The van der Waals surface area contributed by atoms with Crippen molar-refractivity contribution in [3.63, 3.8) is 0 Å². The van der Waals surface area contributed by atoms with Gasteiger partial charge in [0.1, 0.15) is 0 Å². The van der Waals surface area contributed by atoms with Crippen molar-refractivity contribution in [1.29, 1.82) is 0 Å². The summed E-state index contributed by atoms with van der Waals surface area (Å²) < 4.78 is 2.52. The highest BCUT2D eigenvalue weighted by atomic mass is 35.5. The summed E-state index contributed by atoms with van der Waals surface area (Å²) in [4.78, 5) is 7.31. The molecule has 4 rings (SSSR count). The average molecular weight is 370 g/mol. The molecule has 3 heterocycles. The van der Waals surface area contributed by atoms with Crippen molar-refractivity contribution >= 4 is 29.1 Å². The van der Waals surface area contributed by atoms with Gasteiger partial charge in [0.05, 0.1) is 5.52 Å². The van der Waals surface area contributed by atoms with Crippen LogP contribution in [-0.2, 0) is 25.9 Å². The molecule has 0 fully saturated rings. The number of nitrogens with zero attached hydrogens (tertiary/aromatic N) is 3. The lowest BCUT2D eigenvalue weighted by molar-refractivity contribution is 0.663. The van der Waals surface area contributed by atoms with Crippen molar-refractivity contribution in [3.05, 3.63) is 58.9 Å². The summed E-state index contributed by atoms with van der Waals surface area (Å²) in [5.74, 6) is 1.16. The molecule has 26 heavy (non-hydrogen) atoms. The summed E-state index contributed by atoms with van der Waals surface area (Å²) in [6.45, 7) is 9.85. The van der Waals surface area contributed by atoms with E-state index in [1.807, 2.05) is 6.20 Å². The molecule has 138 valence electrons. The van der Waals surface area contributed by atoms with Crippen LogP contribution in [0.1, 0.15) is 42.7 Å². The lowest BCUT2D eigenvalue weighted by Crippen LogP contribution is -2.31. The van der Waals surface area contributed by atoms with Gasteiger partial charge in [0.15, 0.2) is 5.82 Å². The second-order valence-electron chi connectivity index (χ2n) is 7.05. The Kier molecular flexibility index (Phi) is 5.57. The monoisotopic (exact) mass is 369 g/mol. The maximum atomic E-state index is 4.84. The van der Waals surface area contributed by atoms with Crippen molar-refractivity contribution < 1.29 is 0 Å². The number of hydrogen-bond acceptors (Lipinski definition) is 2. The Morgan fingerprint density at radius 3 is 2.58 bits per heavy atom. The number of fused-ring (bicyclic) bond motifs is 2. The van der Waals surface area contributed by atoms with E-state index >= 15 is 0 Å². The molecule has 2 aromatic heterocycles. The summed E-state index contributed by atoms with van der Waals surface area (Å²) in [5, 5.41) is 1.37. The maximum absolute atomic E-state index is 4.84.